The van der Waals surface area contributed by atoms with Crippen LogP contribution in [0.2, 0.25) is 0 Å². The van der Waals surface area contributed by atoms with Crippen molar-refractivity contribution in [1.82, 2.24) is 0 Å². The van der Waals surface area contributed by atoms with E-state index in [0.717, 1.165) is 0 Å². The summed E-state index contributed by atoms with van der Waals surface area (Å²) in [5.74, 6) is -0.245. The van der Waals surface area contributed by atoms with Gasteiger partial charge in [0.05, 0.1) is 7.11 Å². The predicted octanol–water partition coefficient (Wildman–Crippen LogP) is 2.87. The fraction of sp³-hybridized carbons (Fsp3) is 0.105. The lowest BCUT2D eigenvalue weighted by molar-refractivity contribution is -0.120. The van der Waals surface area contributed by atoms with Gasteiger partial charge in [-0.15, -0.1) is 0 Å². The molecule has 0 fully saturated rings. The quantitative estimate of drug-likeness (QED) is 0.518. The van der Waals surface area contributed by atoms with Gasteiger partial charge in [-0.1, -0.05) is 15.9 Å². The maximum Gasteiger partial charge on any atom is 0.266 e. The molecule has 0 spiro atoms. The molecule has 3 N–H and O–H groups in total. The lowest BCUT2D eigenvalue weighted by atomic mass is 10.1. The number of halogens is 1. The predicted molar refractivity (Wildman–Crippen MR) is 104 cm³/mol. The van der Waals surface area contributed by atoms with Gasteiger partial charge in [0.15, 0.2) is 6.61 Å². The number of anilines is 1. The number of nitrogens with two attached hydrogens (primary N) is 1. The highest BCUT2D eigenvalue weighted by atomic mass is 79.9. The third kappa shape index (κ3) is 5.87. The summed E-state index contributed by atoms with van der Waals surface area (Å²) in [6.07, 6.45) is 1.37. The van der Waals surface area contributed by atoms with Crippen molar-refractivity contribution >= 4 is 39.5 Å². The Morgan fingerprint density at radius 1 is 1.26 bits per heavy atom. The number of ether oxygens (including phenoxy) is 2. The largest absolute Gasteiger partial charge is 0.497 e. The van der Waals surface area contributed by atoms with E-state index in [1.165, 1.54) is 6.08 Å². The molecule has 0 bridgehead atoms. The number of benzene rings is 2. The van der Waals surface area contributed by atoms with Gasteiger partial charge in [-0.3, -0.25) is 9.59 Å². The van der Waals surface area contributed by atoms with E-state index in [2.05, 4.69) is 21.2 Å². The standard InChI is InChI=1S/C19H16BrN3O4/c1-26-16-5-3-15(4-6-16)23-19(25)13(10-21)8-12-9-14(20)2-7-17(12)27-11-18(22)24/h2-9H,11H2,1H3,(H2,22,24)(H,23,25)/b13-8+. The van der Waals surface area contributed by atoms with Crippen LogP contribution in [0.15, 0.2) is 52.5 Å². The number of nitrogens with one attached hydrogen (secondary N) is 1. The molecular formula is C19H16BrN3O4. The van der Waals surface area contributed by atoms with Crippen LogP contribution in [-0.4, -0.2) is 25.5 Å². The first-order valence-corrected chi connectivity index (χ1v) is 8.50. The number of nitriles is 1. The SMILES string of the molecule is COc1ccc(NC(=O)/C(C#N)=C/c2cc(Br)ccc2OCC(N)=O)cc1. The molecule has 0 aromatic heterocycles. The van der Waals surface area contributed by atoms with Crippen LogP contribution < -0.4 is 20.5 Å². The molecule has 0 unspecified atom stereocenters. The summed E-state index contributed by atoms with van der Waals surface area (Å²) in [5.41, 5.74) is 5.92. The van der Waals surface area contributed by atoms with Gasteiger partial charge >= 0.3 is 0 Å². The van der Waals surface area contributed by atoms with Crippen molar-refractivity contribution in [3.63, 3.8) is 0 Å². The highest BCUT2D eigenvalue weighted by molar-refractivity contribution is 9.10. The molecule has 7 nitrogen and oxygen atoms in total. The number of hydrogen-bond donors (Lipinski definition) is 2. The molecule has 0 aliphatic rings. The number of hydrogen-bond acceptors (Lipinski definition) is 5. The summed E-state index contributed by atoms with van der Waals surface area (Å²) >= 11 is 3.32. The molecule has 0 saturated heterocycles. The Morgan fingerprint density at radius 2 is 1.96 bits per heavy atom. The van der Waals surface area contributed by atoms with Crippen LogP contribution in [0.25, 0.3) is 6.08 Å². The fourth-order valence-electron chi connectivity index (χ4n) is 2.09. The van der Waals surface area contributed by atoms with Crippen molar-refractivity contribution < 1.29 is 19.1 Å². The Labute approximate surface area is 164 Å². The van der Waals surface area contributed by atoms with Crippen LogP contribution >= 0.6 is 15.9 Å². The lowest BCUT2D eigenvalue weighted by Gasteiger charge is -2.09. The van der Waals surface area contributed by atoms with Gasteiger partial charge in [0.1, 0.15) is 23.1 Å². The van der Waals surface area contributed by atoms with Crippen LogP contribution in [0.3, 0.4) is 0 Å². The summed E-state index contributed by atoms with van der Waals surface area (Å²) in [6.45, 7) is -0.317. The minimum Gasteiger partial charge on any atom is -0.497 e. The van der Waals surface area contributed by atoms with Crippen LogP contribution in [0.5, 0.6) is 11.5 Å². The second kappa shape index (κ2) is 9.40. The van der Waals surface area contributed by atoms with Crippen LogP contribution in [0, 0.1) is 11.3 Å². The van der Waals surface area contributed by atoms with E-state index in [0.29, 0.717) is 27.2 Å². The Morgan fingerprint density at radius 3 is 2.56 bits per heavy atom. The average molecular weight is 430 g/mol. The Kier molecular flexibility index (Phi) is 6.97. The summed E-state index contributed by atoms with van der Waals surface area (Å²) in [6, 6.07) is 13.5. The highest BCUT2D eigenvalue weighted by Crippen LogP contribution is 2.26. The number of carbonyl (C=O) groups is 2. The zero-order valence-corrected chi connectivity index (χ0v) is 15.9. The van der Waals surface area contributed by atoms with Crippen molar-refractivity contribution in [3.8, 4) is 17.6 Å². The first kappa shape index (κ1) is 20.0. The molecule has 0 aliphatic heterocycles. The Bertz CT molecular complexity index is 918. The van der Waals surface area contributed by atoms with Gasteiger partial charge in [-0.2, -0.15) is 5.26 Å². The van der Waals surface area contributed by atoms with E-state index in [4.69, 9.17) is 15.2 Å². The number of carbonyl (C=O) groups excluding carboxylic acids is 2. The molecule has 2 aromatic carbocycles. The summed E-state index contributed by atoms with van der Waals surface area (Å²) < 4.78 is 11.1. The molecule has 0 radical (unpaired) electrons. The van der Waals surface area contributed by atoms with Gasteiger partial charge in [-0.05, 0) is 48.5 Å². The maximum atomic E-state index is 12.4. The van der Waals surface area contributed by atoms with Gasteiger partial charge in [0, 0.05) is 15.7 Å². The molecule has 138 valence electrons. The van der Waals surface area contributed by atoms with E-state index in [1.807, 2.05) is 6.07 Å². The second-order valence-electron chi connectivity index (χ2n) is 5.29. The molecule has 0 heterocycles. The lowest BCUT2D eigenvalue weighted by Crippen LogP contribution is -2.20. The summed E-state index contributed by atoms with van der Waals surface area (Å²) in [5, 5.41) is 12.0. The number of rotatable bonds is 7. The maximum absolute atomic E-state index is 12.4. The van der Waals surface area contributed by atoms with E-state index in [-0.39, 0.29) is 12.2 Å². The summed E-state index contributed by atoms with van der Waals surface area (Å²) in [4.78, 5) is 23.3. The molecule has 8 heteroatoms. The first-order valence-electron chi connectivity index (χ1n) is 7.70. The van der Waals surface area contributed by atoms with Gasteiger partial charge in [0.2, 0.25) is 0 Å². The van der Waals surface area contributed by atoms with Crippen molar-refractivity contribution in [2.75, 3.05) is 19.0 Å². The average Bonchev–Trinajstić information content (AvgIpc) is 2.65. The molecule has 2 rings (SSSR count). The Balaban J connectivity index is 2.26. The van der Waals surface area contributed by atoms with Crippen molar-refractivity contribution in [3.05, 3.63) is 58.1 Å². The van der Waals surface area contributed by atoms with Gasteiger partial charge < -0.3 is 20.5 Å². The number of amides is 2. The first-order chi connectivity index (χ1) is 12.9. The molecule has 0 saturated carbocycles. The normalized spacial score (nSPS) is 10.6. The topological polar surface area (TPSA) is 114 Å². The molecule has 0 atom stereocenters. The van der Waals surface area contributed by atoms with Crippen molar-refractivity contribution in [2.45, 2.75) is 0 Å². The van der Waals surface area contributed by atoms with E-state index >= 15 is 0 Å². The fourth-order valence-corrected chi connectivity index (χ4v) is 2.47. The van der Waals surface area contributed by atoms with Crippen LogP contribution in [-0.2, 0) is 9.59 Å². The second-order valence-corrected chi connectivity index (χ2v) is 6.21. The third-order valence-corrected chi connectivity index (χ3v) is 3.85. The Hall–Kier alpha value is -3.31. The molecule has 0 aliphatic carbocycles. The molecular weight excluding hydrogens is 414 g/mol. The highest BCUT2D eigenvalue weighted by Gasteiger charge is 2.12. The van der Waals surface area contributed by atoms with Gasteiger partial charge in [0.25, 0.3) is 11.8 Å². The zero-order valence-electron chi connectivity index (χ0n) is 14.4. The van der Waals surface area contributed by atoms with E-state index in [1.54, 1.807) is 49.6 Å². The number of nitrogens with zero attached hydrogens (tertiary/aromatic N) is 1. The molecule has 2 aromatic rings. The van der Waals surface area contributed by atoms with Crippen molar-refractivity contribution in [1.29, 1.82) is 5.26 Å². The number of methoxy groups -OCH3 is 1. The van der Waals surface area contributed by atoms with Crippen LogP contribution in [0.1, 0.15) is 5.56 Å². The smallest absolute Gasteiger partial charge is 0.266 e. The zero-order chi connectivity index (χ0) is 19.8. The monoisotopic (exact) mass is 429 g/mol. The van der Waals surface area contributed by atoms with Gasteiger partial charge in [-0.25, -0.2) is 0 Å². The number of primary amides is 1. The van der Waals surface area contributed by atoms with E-state index in [9.17, 15) is 14.9 Å². The van der Waals surface area contributed by atoms with Crippen LogP contribution in [0.4, 0.5) is 5.69 Å². The third-order valence-electron chi connectivity index (χ3n) is 3.35. The van der Waals surface area contributed by atoms with Crippen molar-refractivity contribution in [2.24, 2.45) is 5.73 Å². The molecule has 2 amide bonds. The molecule has 27 heavy (non-hydrogen) atoms. The van der Waals surface area contributed by atoms with E-state index < -0.39 is 11.8 Å². The minimum atomic E-state index is -0.634. The minimum absolute atomic E-state index is 0.132. The summed E-state index contributed by atoms with van der Waals surface area (Å²) in [7, 11) is 1.54.